The molecular formula is C21H38O2. The van der Waals surface area contributed by atoms with E-state index < -0.39 is 0 Å². The first-order valence-electron chi connectivity index (χ1n) is 10.4. The molecule has 1 saturated heterocycles. The maximum atomic E-state index is 6.39. The standard InChI is InChI=1S/C21H38O2/c1-3-4-16-5-7-17(8-6-16)19-11-14-21(23-15-19)18-9-12-20(22-2)13-10-18/h16-21H,3-15H2,1-2H3. The Morgan fingerprint density at radius 1 is 0.783 bits per heavy atom. The summed E-state index contributed by atoms with van der Waals surface area (Å²) in [6, 6.07) is 0. The molecule has 134 valence electrons. The maximum Gasteiger partial charge on any atom is 0.0603 e. The van der Waals surface area contributed by atoms with Crippen LogP contribution < -0.4 is 0 Å². The van der Waals surface area contributed by atoms with Crippen LogP contribution in [0.15, 0.2) is 0 Å². The molecule has 0 radical (unpaired) electrons. The summed E-state index contributed by atoms with van der Waals surface area (Å²) in [6.45, 7) is 3.39. The molecule has 1 heterocycles. The minimum absolute atomic E-state index is 0.515. The molecule has 2 atom stereocenters. The van der Waals surface area contributed by atoms with E-state index in [-0.39, 0.29) is 0 Å². The Morgan fingerprint density at radius 3 is 2.00 bits per heavy atom. The van der Waals surface area contributed by atoms with E-state index in [4.69, 9.17) is 9.47 Å². The van der Waals surface area contributed by atoms with E-state index in [1.165, 1.54) is 77.0 Å². The first kappa shape index (κ1) is 17.7. The Kier molecular flexibility index (Phi) is 6.83. The summed E-state index contributed by atoms with van der Waals surface area (Å²) in [5, 5.41) is 0. The van der Waals surface area contributed by atoms with Crippen molar-refractivity contribution in [2.75, 3.05) is 13.7 Å². The van der Waals surface area contributed by atoms with Crippen molar-refractivity contribution in [2.24, 2.45) is 23.7 Å². The van der Waals surface area contributed by atoms with Crippen LogP contribution in [0.5, 0.6) is 0 Å². The molecule has 0 amide bonds. The van der Waals surface area contributed by atoms with Gasteiger partial charge in [-0.15, -0.1) is 0 Å². The van der Waals surface area contributed by atoms with Gasteiger partial charge in [-0.3, -0.25) is 0 Å². The molecule has 0 N–H and O–H groups in total. The first-order valence-corrected chi connectivity index (χ1v) is 10.4. The molecule has 0 aromatic rings. The highest BCUT2D eigenvalue weighted by atomic mass is 16.5. The average Bonchev–Trinajstić information content (AvgIpc) is 2.63. The molecule has 3 rings (SSSR count). The van der Waals surface area contributed by atoms with Gasteiger partial charge in [0.05, 0.1) is 18.8 Å². The van der Waals surface area contributed by atoms with Gasteiger partial charge in [-0.2, -0.15) is 0 Å². The maximum absolute atomic E-state index is 6.39. The molecule has 0 bridgehead atoms. The van der Waals surface area contributed by atoms with Gasteiger partial charge in [-0.1, -0.05) is 32.6 Å². The summed E-state index contributed by atoms with van der Waals surface area (Å²) < 4.78 is 11.9. The van der Waals surface area contributed by atoms with Gasteiger partial charge in [0.1, 0.15) is 0 Å². The lowest BCUT2D eigenvalue weighted by Crippen LogP contribution is -2.37. The molecule has 2 saturated carbocycles. The van der Waals surface area contributed by atoms with E-state index in [0.717, 1.165) is 30.3 Å². The fraction of sp³-hybridized carbons (Fsp3) is 1.00. The summed E-state index contributed by atoms with van der Waals surface area (Å²) in [6.07, 6.45) is 17.7. The van der Waals surface area contributed by atoms with E-state index in [0.29, 0.717) is 12.2 Å². The Morgan fingerprint density at radius 2 is 1.43 bits per heavy atom. The second-order valence-corrected chi connectivity index (χ2v) is 8.55. The average molecular weight is 323 g/mol. The summed E-state index contributed by atoms with van der Waals surface area (Å²) in [4.78, 5) is 0. The van der Waals surface area contributed by atoms with Crippen LogP contribution in [0, 0.1) is 23.7 Å². The molecule has 3 aliphatic rings. The van der Waals surface area contributed by atoms with Gasteiger partial charge in [0, 0.05) is 7.11 Å². The van der Waals surface area contributed by atoms with Crippen LogP contribution in [0.4, 0.5) is 0 Å². The Labute approximate surface area is 143 Å². The molecule has 0 aromatic carbocycles. The number of hydrogen-bond acceptors (Lipinski definition) is 2. The Balaban J connectivity index is 1.37. The van der Waals surface area contributed by atoms with Gasteiger partial charge < -0.3 is 9.47 Å². The summed E-state index contributed by atoms with van der Waals surface area (Å²) in [5.41, 5.74) is 0. The van der Waals surface area contributed by atoms with Gasteiger partial charge >= 0.3 is 0 Å². The summed E-state index contributed by atoms with van der Waals surface area (Å²) in [5.74, 6) is 3.67. The third-order valence-corrected chi connectivity index (χ3v) is 7.18. The third-order valence-electron chi connectivity index (χ3n) is 7.18. The Bertz CT molecular complexity index is 319. The van der Waals surface area contributed by atoms with E-state index in [1.54, 1.807) is 0 Å². The SMILES string of the molecule is CCCC1CCC(C2CCC(C3CCC(OC)CC3)OC2)CC1. The lowest BCUT2D eigenvalue weighted by atomic mass is 9.72. The van der Waals surface area contributed by atoms with Crippen molar-refractivity contribution in [1.29, 1.82) is 0 Å². The second-order valence-electron chi connectivity index (χ2n) is 8.55. The monoisotopic (exact) mass is 322 g/mol. The molecule has 0 aromatic heterocycles. The van der Waals surface area contributed by atoms with Crippen molar-refractivity contribution >= 4 is 0 Å². The van der Waals surface area contributed by atoms with E-state index in [1.807, 2.05) is 7.11 Å². The van der Waals surface area contributed by atoms with Crippen LogP contribution in [0.25, 0.3) is 0 Å². The van der Waals surface area contributed by atoms with Crippen LogP contribution in [0.1, 0.15) is 84.0 Å². The van der Waals surface area contributed by atoms with Gasteiger partial charge in [-0.25, -0.2) is 0 Å². The highest BCUT2D eigenvalue weighted by molar-refractivity contribution is 4.85. The number of ether oxygens (including phenoxy) is 2. The highest BCUT2D eigenvalue weighted by Crippen LogP contribution is 2.41. The van der Waals surface area contributed by atoms with E-state index in [2.05, 4.69) is 6.92 Å². The molecule has 3 fully saturated rings. The van der Waals surface area contributed by atoms with Crippen molar-refractivity contribution in [2.45, 2.75) is 96.2 Å². The predicted octanol–water partition coefficient (Wildman–Crippen LogP) is 5.59. The van der Waals surface area contributed by atoms with E-state index >= 15 is 0 Å². The zero-order chi connectivity index (χ0) is 16.1. The van der Waals surface area contributed by atoms with Crippen LogP contribution in [-0.2, 0) is 9.47 Å². The number of hydrogen-bond donors (Lipinski definition) is 0. The zero-order valence-corrected chi connectivity index (χ0v) is 15.5. The zero-order valence-electron chi connectivity index (χ0n) is 15.5. The molecule has 1 aliphatic heterocycles. The van der Waals surface area contributed by atoms with Crippen molar-refractivity contribution in [3.63, 3.8) is 0 Å². The minimum atomic E-state index is 0.515. The molecular weight excluding hydrogens is 284 g/mol. The van der Waals surface area contributed by atoms with Crippen molar-refractivity contribution in [3.8, 4) is 0 Å². The third kappa shape index (κ3) is 4.72. The van der Waals surface area contributed by atoms with Gasteiger partial charge in [0.2, 0.25) is 0 Å². The fourth-order valence-electron chi connectivity index (χ4n) is 5.59. The van der Waals surface area contributed by atoms with Gasteiger partial charge in [0.15, 0.2) is 0 Å². The first-order chi connectivity index (χ1) is 11.3. The molecule has 2 aliphatic carbocycles. The number of methoxy groups -OCH3 is 1. The minimum Gasteiger partial charge on any atom is -0.381 e. The lowest BCUT2D eigenvalue weighted by molar-refractivity contribution is -0.0797. The van der Waals surface area contributed by atoms with Gasteiger partial charge in [-0.05, 0) is 75.0 Å². The quantitative estimate of drug-likeness (QED) is 0.656. The summed E-state index contributed by atoms with van der Waals surface area (Å²) >= 11 is 0. The van der Waals surface area contributed by atoms with Crippen LogP contribution >= 0.6 is 0 Å². The summed E-state index contributed by atoms with van der Waals surface area (Å²) in [7, 11) is 1.86. The topological polar surface area (TPSA) is 18.5 Å². The van der Waals surface area contributed by atoms with Crippen molar-refractivity contribution in [1.82, 2.24) is 0 Å². The smallest absolute Gasteiger partial charge is 0.0603 e. The fourth-order valence-corrected chi connectivity index (χ4v) is 5.59. The van der Waals surface area contributed by atoms with Crippen molar-refractivity contribution < 1.29 is 9.47 Å². The molecule has 2 unspecified atom stereocenters. The predicted molar refractivity (Wildman–Crippen MR) is 95.6 cm³/mol. The van der Waals surface area contributed by atoms with E-state index in [9.17, 15) is 0 Å². The van der Waals surface area contributed by atoms with Crippen LogP contribution in [-0.4, -0.2) is 25.9 Å². The van der Waals surface area contributed by atoms with Crippen molar-refractivity contribution in [3.05, 3.63) is 0 Å². The highest BCUT2D eigenvalue weighted by Gasteiger charge is 2.35. The van der Waals surface area contributed by atoms with Crippen LogP contribution in [0.2, 0.25) is 0 Å². The molecule has 2 nitrogen and oxygen atoms in total. The van der Waals surface area contributed by atoms with Gasteiger partial charge in [0.25, 0.3) is 0 Å². The molecule has 23 heavy (non-hydrogen) atoms. The lowest BCUT2D eigenvalue weighted by Gasteiger charge is -2.41. The number of rotatable bonds is 5. The molecule has 0 spiro atoms. The second kappa shape index (κ2) is 8.85. The normalized spacial score (nSPS) is 42.5. The van der Waals surface area contributed by atoms with Crippen LogP contribution in [0.3, 0.4) is 0 Å². The molecule has 2 heteroatoms. The Hall–Kier alpha value is -0.0800. The largest absolute Gasteiger partial charge is 0.381 e.